The van der Waals surface area contributed by atoms with E-state index in [2.05, 4.69) is 37.0 Å². The molecule has 3 nitrogen and oxygen atoms in total. The average molecular weight is 281 g/mol. The summed E-state index contributed by atoms with van der Waals surface area (Å²) in [7, 11) is 0. The second kappa shape index (κ2) is 8.86. The summed E-state index contributed by atoms with van der Waals surface area (Å²) in [6.45, 7) is 2.21. The van der Waals surface area contributed by atoms with Gasteiger partial charge in [0, 0.05) is 11.4 Å². The van der Waals surface area contributed by atoms with Crippen LogP contribution in [0.4, 0.5) is 5.69 Å². The minimum Gasteiger partial charge on any atom is -0.480 e. The summed E-state index contributed by atoms with van der Waals surface area (Å²) >= 11 is 4.03. The van der Waals surface area contributed by atoms with Gasteiger partial charge >= 0.3 is 5.97 Å². The molecular formula is C15H23NO2S. The highest BCUT2D eigenvalue weighted by Gasteiger charge is 2.14. The zero-order chi connectivity index (χ0) is 14.1. The van der Waals surface area contributed by atoms with Gasteiger partial charge in [0.1, 0.15) is 6.04 Å². The molecule has 0 fully saturated rings. The van der Waals surface area contributed by atoms with Gasteiger partial charge in [-0.3, -0.25) is 0 Å². The molecule has 4 heteroatoms. The van der Waals surface area contributed by atoms with Gasteiger partial charge in [0.15, 0.2) is 0 Å². The summed E-state index contributed by atoms with van der Waals surface area (Å²) in [5.74, 6) is -0.604. The van der Waals surface area contributed by atoms with Crippen LogP contribution in [0.1, 0.15) is 38.2 Å². The molecule has 0 saturated heterocycles. The summed E-state index contributed by atoms with van der Waals surface area (Å²) in [6, 6.07) is 7.36. The van der Waals surface area contributed by atoms with Crippen LogP contribution in [-0.4, -0.2) is 22.9 Å². The second-order valence-electron chi connectivity index (χ2n) is 4.73. The number of aliphatic carboxylic acids is 1. The number of anilines is 1. The van der Waals surface area contributed by atoms with Gasteiger partial charge in [-0.2, -0.15) is 12.6 Å². The third-order valence-electron chi connectivity index (χ3n) is 3.09. The fourth-order valence-electron chi connectivity index (χ4n) is 1.91. The molecule has 106 valence electrons. The molecule has 0 spiro atoms. The monoisotopic (exact) mass is 281 g/mol. The molecule has 1 aromatic rings. The molecule has 0 heterocycles. The van der Waals surface area contributed by atoms with Crippen molar-refractivity contribution in [1.29, 1.82) is 0 Å². The zero-order valence-electron chi connectivity index (χ0n) is 11.4. The first-order valence-corrected chi connectivity index (χ1v) is 7.49. The predicted octanol–water partition coefficient (Wildman–Crippen LogP) is 3.60. The highest BCUT2D eigenvalue weighted by Crippen LogP contribution is 2.14. The molecule has 19 heavy (non-hydrogen) atoms. The summed E-state index contributed by atoms with van der Waals surface area (Å²) in [6.07, 6.45) is 6.13. The van der Waals surface area contributed by atoms with Crippen LogP contribution in [0.25, 0.3) is 0 Å². The van der Waals surface area contributed by atoms with Crippen molar-refractivity contribution in [2.24, 2.45) is 0 Å². The number of thiol groups is 1. The van der Waals surface area contributed by atoms with Crippen LogP contribution in [0.5, 0.6) is 0 Å². The van der Waals surface area contributed by atoms with Crippen LogP contribution >= 0.6 is 12.6 Å². The highest BCUT2D eigenvalue weighted by atomic mass is 32.1. The second-order valence-corrected chi connectivity index (χ2v) is 5.09. The van der Waals surface area contributed by atoms with E-state index in [1.54, 1.807) is 0 Å². The normalized spacial score (nSPS) is 12.1. The summed E-state index contributed by atoms with van der Waals surface area (Å²) in [5, 5.41) is 11.9. The maximum Gasteiger partial charge on any atom is 0.326 e. The van der Waals surface area contributed by atoms with Gasteiger partial charge in [-0.1, -0.05) is 38.3 Å². The van der Waals surface area contributed by atoms with E-state index in [-0.39, 0.29) is 5.75 Å². The summed E-state index contributed by atoms with van der Waals surface area (Å²) in [4.78, 5) is 10.9. The van der Waals surface area contributed by atoms with Gasteiger partial charge in [0.25, 0.3) is 0 Å². The van der Waals surface area contributed by atoms with Crippen molar-refractivity contribution in [2.75, 3.05) is 11.1 Å². The number of carboxylic acids is 1. The van der Waals surface area contributed by atoms with E-state index in [1.165, 1.54) is 31.2 Å². The Morgan fingerprint density at radius 3 is 2.47 bits per heavy atom. The van der Waals surface area contributed by atoms with Crippen LogP contribution in [0.3, 0.4) is 0 Å². The predicted molar refractivity (Wildman–Crippen MR) is 83.2 cm³/mol. The molecule has 0 aliphatic carbocycles. The van der Waals surface area contributed by atoms with Crippen molar-refractivity contribution in [1.82, 2.24) is 0 Å². The Balaban J connectivity index is 2.44. The van der Waals surface area contributed by atoms with Gasteiger partial charge in [-0.15, -0.1) is 0 Å². The smallest absolute Gasteiger partial charge is 0.326 e. The standard InChI is InChI=1S/C15H23NO2S/c1-2-3-4-5-6-12-7-9-13(10-8-12)16-14(11-19)15(17)18/h7-10,14,16,19H,2-6,11H2,1H3,(H,17,18). The maximum absolute atomic E-state index is 10.9. The van der Waals surface area contributed by atoms with Crippen molar-refractivity contribution in [3.63, 3.8) is 0 Å². The van der Waals surface area contributed by atoms with E-state index in [0.29, 0.717) is 0 Å². The largest absolute Gasteiger partial charge is 0.480 e. The number of hydrogen-bond donors (Lipinski definition) is 3. The Morgan fingerprint density at radius 1 is 1.26 bits per heavy atom. The molecule has 0 aliphatic heterocycles. The van der Waals surface area contributed by atoms with E-state index in [0.717, 1.165) is 12.1 Å². The minimum absolute atomic E-state index is 0.272. The SMILES string of the molecule is CCCCCCc1ccc(NC(CS)C(=O)O)cc1. The molecule has 0 aromatic heterocycles. The van der Waals surface area contributed by atoms with Crippen molar-refractivity contribution in [3.8, 4) is 0 Å². The molecule has 1 atom stereocenters. The first kappa shape index (κ1) is 15.9. The van der Waals surface area contributed by atoms with E-state index < -0.39 is 12.0 Å². The topological polar surface area (TPSA) is 49.3 Å². The van der Waals surface area contributed by atoms with Crippen molar-refractivity contribution in [3.05, 3.63) is 29.8 Å². The fraction of sp³-hybridized carbons (Fsp3) is 0.533. The molecule has 2 N–H and O–H groups in total. The maximum atomic E-state index is 10.9. The van der Waals surface area contributed by atoms with Crippen LogP contribution in [-0.2, 0) is 11.2 Å². The van der Waals surface area contributed by atoms with E-state index in [4.69, 9.17) is 5.11 Å². The summed E-state index contributed by atoms with van der Waals surface area (Å²) < 4.78 is 0. The molecule has 0 saturated carbocycles. The first-order valence-electron chi connectivity index (χ1n) is 6.86. The first-order chi connectivity index (χ1) is 9.17. The van der Waals surface area contributed by atoms with Gasteiger partial charge in [-0.25, -0.2) is 4.79 Å². The molecular weight excluding hydrogens is 258 g/mol. The Labute approximate surface area is 120 Å². The number of carbonyl (C=O) groups is 1. The van der Waals surface area contributed by atoms with E-state index >= 15 is 0 Å². The molecule has 0 bridgehead atoms. The van der Waals surface area contributed by atoms with Gasteiger partial charge < -0.3 is 10.4 Å². The number of aryl methyl sites for hydroxylation is 1. The number of benzene rings is 1. The zero-order valence-corrected chi connectivity index (χ0v) is 12.3. The molecule has 1 aromatic carbocycles. The van der Waals surface area contributed by atoms with Crippen molar-refractivity contribution < 1.29 is 9.90 Å². The average Bonchev–Trinajstić information content (AvgIpc) is 2.42. The number of unbranched alkanes of at least 4 members (excludes halogenated alkanes) is 3. The van der Waals surface area contributed by atoms with Crippen LogP contribution in [0, 0.1) is 0 Å². The van der Waals surface area contributed by atoms with Crippen LogP contribution in [0.15, 0.2) is 24.3 Å². The lowest BCUT2D eigenvalue weighted by molar-refractivity contribution is -0.137. The molecule has 0 aliphatic rings. The molecule has 1 rings (SSSR count). The van der Waals surface area contributed by atoms with Gasteiger partial charge in [0.05, 0.1) is 0 Å². The molecule has 0 amide bonds. The molecule has 0 radical (unpaired) electrons. The van der Waals surface area contributed by atoms with E-state index in [9.17, 15) is 4.79 Å². The number of rotatable bonds is 9. The van der Waals surface area contributed by atoms with Crippen molar-refractivity contribution >= 4 is 24.3 Å². The van der Waals surface area contributed by atoms with E-state index in [1.807, 2.05) is 12.1 Å². The lowest BCUT2D eigenvalue weighted by Gasteiger charge is -2.13. The van der Waals surface area contributed by atoms with Crippen LogP contribution in [0.2, 0.25) is 0 Å². The number of hydrogen-bond acceptors (Lipinski definition) is 3. The number of carboxylic acid groups (broad SMARTS) is 1. The quantitative estimate of drug-likeness (QED) is 0.479. The lowest BCUT2D eigenvalue weighted by Crippen LogP contribution is -2.30. The van der Waals surface area contributed by atoms with Gasteiger partial charge in [-0.05, 0) is 30.5 Å². The fourth-order valence-corrected chi connectivity index (χ4v) is 2.16. The Kier molecular flexibility index (Phi) is 7.41. The Morgan fingerprint density at radius 2 is 1.95 bits per heavy atom. The lowest BCUT2D eigenvalue weighted by atomic mass is 10.1. The third kappa shape index (κ3) is 6.01. The Bertz CT molecular complexity index is 378. The summed E-state index contributed by atoms with van der Waals surface area (Å²) in [5.41, 5.74) is 2.14. The van der Waals surface area contributed by atoms with Gasteiger partial charge in [0.2, 0.25) is 0 Å². The Hall–Kier alpha value is -1.16. The minimum atomic E-state index is -0.876. The third-order valence-corrected chi connectivity index (χ3v) is 3.46. The number of nitrogens with one attached hydrogen (secondary N) is 1. The van der Waals surface area contributed by atoms with Crippen LogP contribution < -0.4 is 5.32 Å². The molecule has 1 unspecified atom stereocenters. The van der Waals surface area contributed by atoms with Crippen molar-refractivity contribution in [2.45, 2.75) is 45.1 Å². The highest BCUT2D eigenvalue weighted by molar-refractivity contribution is 7.80.